The van der Waals surface area contributed by atoms with Crippen LogP contribution in [0.4, 0.5) is 0 Å². The van der Waals surface area contributed by atoms with Gasteiger partial charge in [0, 0.05) is 75.4 Å². The molecule has 0 unspecified atom stereocenters. The fourth-order valence-electron chi connectivity index (χ4n) is 3.74. The Morgan fingerprint density at radius 3 is 2.53 bits per heavy atom. The number of piperazine rings is 1. The predicted octanol–water partition coefficient (Wildman–Crippen LogP) is 2.42. The van der Waals surface area contributed by atoms with E-state index < -0.39 is 0 Å². The van der Waals surface area contributed by atoms with Gasteiger partial charge in [-0.1, -0.05) is 30.9 Å². The van der Waals surface area contributed by atoms with Crippen molar-refractivity contribution in [2.24, 2.45) is 0 Å². The van der Waals surface area contributed by atoms with Gasteiger partial charge >= 0.3 is 0 Å². The Hall–Kier alpha value is -3.16. The number of carbonyl (C=O) groups excluding carboxylic acids is 2. The minimum atomic E-state index is -0.208. The lowest BCUT2D eigenvalue weighted by atomic mass is 10.0. The van der Waals surface area contributed by atoms with E-state index in [1.165, 1.54) is 0 Å². The quantitative estimate of drug-likeness (QED) is 0.262. The number of amides is 2. The van der Waals surface area contributed by atoms with Crippen LogP contribution in [0.5, 0.6) is 0 Å². The van der Waals surface area contributed by atoms with Crippen molar-refractivity contribution in [3.05, 3.63) is 83.8 Å². The van der Waals surface area contributed by atoms with Gasteiger partial charge in [0.05, 0.1) is 0 Å². The van der Waals surface area contributed by atoms with Gasteiger partial charge in [0.15, 0.2) is 0 Å². The summed E-state index contributed by atoms with van der Waals surface area (Å²) in [5, 5.41) is 9.04. The number of hydrogen-bond acceptors (Lipinski definition) is 5. The first-order chi connectivity index (χ1) is 16.4. The second-order valence-electron chi connectivity index (χ2n) is 8.36. The zero-order chi connectivity index (χ0) is 24.9. The number of rotatable bonds is 10. The zero-order valence-corrected chi connectivity index (χ0v) is 20.8. The maximum atomic E-state index is 12.8. The topological polar surface area (TPSA) is 76.7 Å². The second kappa shape index (κ2) is 14.2. The number of nitrogens with zero attached hydrogens (tertiary/aromatic N) is 2. The van der Waals surface area contributed by atoms with Crippen molar-refractivity contribution in [1.82, 2.24) is 25.8 Å². The van der Waals surface area contributed by atoms with Crippen LogP contribution in [0.15, 0.2) is 83.8 Å². The summed E-state index contributed by atoms with van der Waals surface area (Å²) >= 11 is 0. The van der Waals surface area contributed by atoms with E-state index >= 15 is 0 Å². The molecule has 7 heteroatoms. The number of nitrogens with one attached hydrogen (secondary N) is 3. The fraction of sp³-hybridized carbons (Fsp3) is 0.407. The lowest BCUT2D eigenvalue weighted by Crippen LogP contribution is -2.48. The average molecular weight is 466 g/mol. The highest BCUT2D eigenvalue weighted by Crippen LogP contribution is 2.18. The van der Waals surface area contributed by atoms with E-state index in [4.69, 9.17) is 0 Å². The summed E-state index contributed by atoms with van der Waals surface area (Å²) in [5.41, 5.74) is 3.13. The third-order valence-electron chi connectivity index (χ3n) is 5.90. The van der Waals surface area contributed by atoms with Crippen molar-refractivity contribution in [3.8, 4) is 0 Å². The summed E-state index contributed by atoms with van der Waals surface area (Å²) in [5.74, 6) is -0.409. The lowest BCUT2D eigenvalue weighted by Gasteiger charge is -2.34. The molecule has 0 aliphatic carbocycles. The van der Waals surface area contributed by atoms with E-state index in [1.54, 1.807) is 18.4 Å². The van der Waals surface area contributed by atoms with Crippen LogP contribution in [0.2, 0.25) is 0 Å². The van der Waals surface area contributed by atoms with Crippen molar-refractivity contribution < 1.29 is 9.59 Å². The molecule has 2 aliphatic heterocycles. The van der Waals surface area contributed by atoms with Gasteiger partial charge in [-0.05, 0) is 44.1 Å². The minimum absolute atomic E-state index is 0.200. The Kier molecular flexibility index (Phi) is 11.3. The Balaban J connectivity index is 2.05. The molecule has 1 fully saturated rings. The molecular weight excluding hydrogens is 426 g/mol. The van der Waals surface area contributed by atoms with Gasteiger partial charge in [-0.3, -0.25) is 19.4 Å². The summed E-state index contributed by atoms with van der Waals surface area (Å²) in [6.07, 6.45) is 12.7. The van der Waals surface area contributed by atoms with Gasteiger partial charge in [-0.25, -0.2) is 0 Å². The first-order valence-corrected chi connectivity index (χ1v) is 11.9. The average Bonchev–Trinajstić information content (AvgIpc) is 2.90. The van der Waals surface area contributed by atoms with Crippen molar-refractivity contribution in [2.75, 3.05) is 52.4 Å². The van der Waals surface area contributed by atoms with Gasteiger partial charge in [-0.15, -0.1) is 6.58 Å². The highest BCUT2D eigenvalue weighted by molar-refractivity contribution is 6.00. The third-order valence-corrected chi connectivity index (χ3v) is 5.90. The van der Waals surface area contributed by atoms with Gasteiger partial charge < -0.3 is 16.0 Å². The monoisotopic (exact) mass is 465 g/mol. The van der Waals surface area contributed by atoms with Crippen molar-refractivity contribution >= 4 is 11.8 Å². The molecule has 0 radical (unpaired) electrons. The molecule has 34 heavy (non-hydrogen) atoms. The molecule has 2 aliphatic rings. The Morgan fingerprint density at radius 2 is 1.85 bits per heavy atom. The van der Waals surface area contributed by atoms with E-state index in [0.29, 0.717) is 35.5 Å². The molecule has 0 aromatic rings. The number of carbonyl (C=O) groups is 2. The maximum Gasteiger partial charge on any atom is 0.255 e. The molecule has 0 atom stereocenters. The largest absolute Gasteiger partial charge is 0.385 e. The van der Waals surface area contributed by atoms with Crippen molar-refractivity contribution in [2.45, 2.75) is 20.8 Å². The predicted molar refractivity (Wildman–Crippen MR) is 140 cm³/mol. The summed E-state index contributed by atoms with van der Waals surface area (Å²) in [6, 6.07) is 0. The molecule has 0 aromatic carbocycles. The van der Waals surface area contributed by atoms with E-state index in [1.807, 2.05) is 45.1 Å². The molecular formula is C27H39N5O2. The van der Waals surface area contributed by atoms with E-state index in [9.17, 15) is 9.59 Å². The molecule has 2 amide bonds. The van der Waals surface area contributed by atoms with Gasteiger partial charge in [0.2, 0.25) is 0 Å². The fourth-order valence-corrected chi connectivity index (χ4v) is 3.74. The molecule has 0 spiro atoms. The van der Waals surface area contributed by atoms with Crippen molar-refractivity contribution in [3.63, 3.8) is 0 Å². The second-order valence-corrected chi connectivity index (χ2v) is 8.36. The van der Waals surface area contributed by atoms with Crippen LogP contribution in [-0.4, -0.2) is 74.0 Å². The first kappa shape index (κ1) is 27.1. The summed E-state index contributed by atoms with van der Waals surface area (Å²) in [7, 11) is 0. The molecule has 2 heterocycles. The molecule has 0 bridgehead atoms. The van der Waals surface area contributed by atoms with Crippen molar-refractivity contribution in [1.29, 1.82) is 0 Å². The third kappa shape index (κ3) is 8.32. The molecule has 1 saturated heterocycles. The van der Waals surface area contributed by atoms with Crippen LogP contribution in [0.3, 0.4) is 0 Å². The Labute approximate surface area is 204 Å². The molecule has 0 aromatic heterocycles. The maximum absolute atomic E-state index is 12.8. The molecule has 7 nitrogen and oxygen atoms in total. The molecule has 3 N–H and O–H groups in total. The standard InChI is InChI=1S/C27H39N5O2/c1-6-14-31-16-18-32(19-17-31)15-13-30-26(33)23(5)22(4)25(28-7-2)20-24-21(3)11-9-8-10-12-29-27(24)34/h6,8-12,20,28H,1,5,7,13-19H2,2-4H3,(H,29,34)(H,30,33)/b9-8-,12-10+,21-11?,24-20?,25-22-. The summed E-state index contributed by atoms with van der Waals surface area (Å²) in [4.78, 5) is 30.2. The van der Waals surface area contributed by atoms with E-state index in [0.717, 1.165) is 44.8 Å². The minimum Gasteiger partial charge on any atom is -0.385 e. The zero-order valence-electron chi connectivity index (χ0n) is 20.8. The summed E-state index contributed by atoms with van der Waals surface area (Å²) < 4.78 is 0. The SMILES string of the molecule is C=CCN1CCN(CCNC(=O)C(=C)/C(C)=C(/C=C2C(=O)N/C=C/C=C\C=C2C)NCC)CC1. The van der Waals surface area contributed by atoms with Crippen LogP contribution in [0.25, 0.3) is 0 Å². The number of allylic oxidation sites excluding steroid dienone is 5. The molecule has 184 valence electrons. The number of likely N-dealkylation sites (N-methyl/N-ethyl adjacent to an activating group) is 1. The number of hydrogen-bond donors (Lipinski definition) is 3. The summed E-state index contributed by atoms with van der Waals surface area (Å²) in [6.45, 7) is 20.5. The smallest absolute Gasteiger partial charge is 0.255 e. The van der Waals surface area contributed by atoms with Gasteiger partial charge in [0.1, 0.15) is 0 Å². The van der Waals surface area contributed by atoms with E-state index in [2.05, 4.69) is 38.9 Å². The van der Waals surface area contributed by atoms with Gasteiger partial charge in [0.25, 0.3) is 11.8 Å². The Morgan fingerprint density at radius 1 is 1.15 bits per heavy atom. The van der Waals surface area contributed by atoms with Crippen LogP contribution in [-0.2, 0) is 9.59 Å². The normalized spacial score (nSPS) is 21.2. The highest BCUT2D eigenvalue weighted by Gasteiger charge is 2.18. The molecule has 0 saturated carbocycles. The van der Waals surface area contributed by atoms with Crippen LogP contribution in [0, 0.1) is 0 Å². The lowest BCUT2D eigenvalue weighted by molar-refractivity contribution is -0.117. The van der Waals surface area contributed by atoms with Gasteiger partial charge in [-0.2, -0.15) is 0 Å². The highest BCUT2D eigenvalue weighted by atomic mass is 16.2. The first-order valence-electron chi connectivity index (χ1n) is 11.9. The van der Waals surface area contributed by atoms with E-state index in [-0.39, 0.29) is 11.8 Å². The van der Waals surface area contributed by atoms with Crippen LogP contribution < -0.4 is 16.0 Å². The van der Waals surface area contributed by atoms with Crippen LogP contribution >= 0.6 is 0 Å². The molecule has 2 rings (SSSR count). The Bertz CT molecular complexity index is 915. The van der Waals surface area contributed by atoms with Crippen LogP contribution in [0.1, 0.15) is 20.8 Å².